The van der Waals surface area contributed by atoms with Crippen molar-refractivity contribution < 1.29 is 19.5 Å². The summed E-state index contributed by atoms with van der Waals surface area (Å²) in [5.74, 6) is -0.977. The minimum Gasteiger partial charge on any atom is -0.381 e. The molecule has 3 amide bonds. The molecule has 1 aliphatic heterocycles. The number of aromatic amines is 1. The van der Waals surface area contributed by atoms with Gasteiger partial charge >= 0.3 is 0 Å². The van der Waals surface area contributed by atoms with E-state index in [2.05, 4.69) is 15.3 Å². The molecule has 3 aromatic rings. The van der Waals surface area contributed by atoms with Gasteiger partial charge in [-0.15, -0.1) is 0 Å². The third kappa shape index (κ3) is 5.37. The highest BCUT2D eigenvalue weighted by Crippen LogP contribution is 2.18. The number of carbonyl (C=O) groups is 3. The monoisotopic (exact) mass is 483 g/mol. The molecule has 2 atom stereocenters. The lowest BCUT2D eigenvalue weighted by atomic mass is 9.99. The number of fused-ring (bicyclic) bond motifs is 1. The molecule has 0 saturated carbocycles. The van der Waals surface area contributed by atoms with E-state index in [9.17, 15) is 19.5 Å². The first-order valence-corrected chi connectivity index (χ1v) is 11.4. The van der Waals surface area contributed by atoms with Crippen LogP contribution in [-0.2, 0) is 16.0 Å². The highest BCUT2D eigenvalue weighted by atomic mass is 35.5. The van der Waals surface area contributed by atoms with Crippen molar-refractivity contribution in [2.75, 3.05) is 26.2 Å². The molecule has 1 aromatic carbocycles. The number of aromatic nitrogens is 2. The zero-order chi connectivity index (χ0) is 24.2. The summed E-state index contributed by atoms with van der Waals surface area (Å²) in [5.41, 5.74) is 1.79. The fraction of sp³-hybridized carbons (Fsp3) is 0.333. The Morgan fingerprint density at radius 1 is 1.12 bits per heavy atom. The fourth-order valence-corrected chi connectivity index (χ4v) is 4.25. The molecule has 1 fully saturated rings. The summed E-state index contributed by atoms with van der Waals surface area (Å²) in [7, 11) is 0. The molecule has 10 heteroatoms. The summed E-state index contributed by atoms with van der Waals surface area (Å²) in [4.78, 5) is 47.9. The second kappa shape index (κ2) is 10.2. The number of nitrogens with zero attached hydrogens (tertiary/aromatic N) is 3. The predicted octanol–water partition coefficient (Wildman–Crippen LogP) is 1.61. The molecule has 178 valence electrons. The molecular formula is C24H26ClN5O4. The Morgan fingerprint density at radius 2 is 1.79 bits per heavy atom. The summed E-state index contributed by atoms with van der Waals surface area (Å²) in [6, 6.07) is 11.8. The minimum atomic E-state index is -1.45. The maximum Gasteiger partial charge on any atom is 0.268 e. The Hall–Kier alpha value is -3.43. The normalized spacial score (nSPS) is 15.7. The van der Waals surface area contributed by atoms with Crippen molar-refractivity contribution in [2.45, 2.75) is 25.5 Å². The van der Waals surface area contributed by atoms with Gasteiger partial charge in [-0.05, 0) is 24.1 Å². The second-order valence-electron chi connectivity index (χ2n) is 8.32. The lowest BCUT2D eigenvalue weighted by Gasteiger charge is -2.36. The van der Waals surface area contributed by atoms with E-state index in [1.165, 1.54) is 18.0 Å². The first kappa shape index (κ1) is 23.7. The molecule has 0 radical (unpaired) electrons. The summed E-state index contributed by atoms with van der Waals surface area (Å²) >= 11 is 5.94. The van der Waals surface area contributed by atoms with E-state index in [0.29, 0.717) is 36.8 Å². The van der Waals surface area contributed by atoms with Gasteiger partial charge in [-0.25, -0.2) is 4.98 Å². The summed E-state index contributed by atoms with van der Waals surface area (Å²) in [5, 5.41) is 14.9. The maximum atomic E-state index is 13.1. The van der Waals surface area contributed by atoms with Crippen LogP contribution in [0.15, 0.2) is 48.7 Å². The number of nitrogens with one attached hydrogen (secondary N) is 2. The standard InChI is InChI=1S/C24H26ClN5O4/c1-15(31)29-7-9-30(10-8-29)24(34)22(32)18(11-16-5-3-2-4-6-16)28-23(33)19-12-17-13-21(25)26-14-20(17)27-19/h2-6,12-14,18,22,27,32H,7-11H2,1H3,(H,28,33)/t18-,22+/m0/s1. The van der Waals surface area contributed by atoms with Crippen LogP contribution in [0.25, 0.3) is 10.9 Å². The molecule has 9 nitrogen and oxygen atoms in total. The van der Waals surface area contributed by atoms with Crippen LogP contribution < -0.4 is 5.32 Å². The van der Waals surface area contributed by atoms with Crippen LogP contribution in [0.3, 0.4) is 0 Å². The van der Waals surface area contributed by atoms with Gasteiger partial charge in [0.05, 0.1) is 17.8 Å². The third-order valence-electron chi connectivity index (χ3n) is 6.00. The van der Waals surface area contributed by atoms with Gasteiger partial charge in [-0.1, -0.05) is 41.9 Å². The molecule has 1 saturated heterocycles. The SMILES string of the molecule is CC(=O)N1CCN(C(=O)[C@H](O)[C@H](Cc2ccccc2)NC(=O)c2cc3cc(Cl)ncc3[nH]2)CC1. The summed E-state index contributed by atoms with van der Waals surface area (Å²) in [6.07, 6.45) is 0.351. The number of aliphatic hydroxyl groups is 1. The van der Waals surface area contributed by atoms with E-state index in [0.717, 1.165) is 10.9 Å². The Labute approximate surface area is 201 Å². The number of halogens is 1. The van der Waals surface area contributed by atoms with E-state index >= 15 is 0 Å². The molecule has 2 aromatic heterocycles. The number of amides is 3. The van der Waals surface area contributed by atoms with Gasteiger partial charge in [0.1, 0.15) is 10.8 Å². The van der Waals surface area contributed by atoms with E-state index in [-0.39, 0.29) is 18.0 Å². The average Bonchev–Trinajstić information content (AvgIpc) is 3.27. The first-order valence-electron chi connectivity index (χ1n) is 11.0. The summed E-state index contributed by atoms with van der Waals surface area (Å²) < 4.78 is 0. The zero-order valence-corrected chi connectivity index (χ0v) is 19.5. The third-order valence-corrected chi connectivity index (χ3v) is 6.21. The number of carbonyl (C=O) groups excluding carboxylic acids is 3. The lowest BCUT2D eigenvalue weighted by molar-refractivity contribution is -0.146. The first-order chi connectivity index (χ1) is 16.3. The van der Waals surface area contributed by atoms with Crippen molar-refractivity contribution in [3.05, 3.63) is 65.1 Å². The van der Waals surface area contributed by atoms with Gasteiger partial charge < -0.3 is 25.2 Å². The highest BCUT2D eigenvalue weighted by Gasteiger charge is 2.33. The van der Waals surface area contributed by atoms with Crippen LogP contribution >= 0.6 is 11.6 Å². The molecule has 0 spiro atoms. The second-order valence-corrected chi connectivity index (χ2v) is 8.71. The Balaban J connectivity index is 1.51. The molecule has 0 aliphatic carbocycles. The van der Waals surface area contributed by atoms with Crippen molar-refractivity contribution in [1.29, 1.82) is 0 Å². The zero-order valence-electron chi connectivity index (χ0n) is 18.7. The molecule has 1 aliphatic rings. The predicted molar refractivity (Wildman–Crippen MR) is 127 cm³/mol. The molecule has 0 unspecified atom stereocenters. The number of rotatable bonds is 6. The number of aliphatic hydroxyl groups excluding tert-OH is 1. The Morgan fingerprint density at radius 3 is 2.47 bits per heavy atom. The van der Waals surface area contributed by atoms with Crippen LogP contribution in [-0.4, -0.2) is 80.9 Å². The Kier molecular flexibility index (Phi) is 7.14. The number of hydrogen-bond donors (Lipinski definition) is 3. The van der Waals surface area contributed by atoms with Crippen LogP contribution in [0, 0.1) is 0 Å². The van der Waals surface area contributed by atoms with Gasteiger partial charge in [0.15, 0.2) is 6.10 Å². The largest absolute Gasteiger partial charge is 0.381 e. The van der Waals surface area contributed by atoms with Crippen molar-refractivity contribution in [1.82, 2.24) is 25.1 Å². The number of hydrogen-bond acceptors (Lipinski definition) is 5. The van der Waals surface area contributed by atoms with Crippen molar-refractivity contribution in [3.8, 4) is 0 Å². The van der Waals surface area contributed by atoms with Gasteiger partial charge in [0.2, 0.25) is 5.91 Å². The Bertz CT molecular complexity index is 1190. The van der Waals surface area contributed by atoms with E-state index < -0.39 is 24.0 Å². The van der Waals surface area contributed by atoms with Crippen molar-refractivity contribution in [3.63, 3.8) is 0 Å². The molecule has 3 N–H and O–H groups in total. The molecule has 4 rings (SSSR count). The van der Waals surface area contributed by atoms with E-state index in [1.54, 1.807) is 17.0 Å². The van der Waals surface area contributed by atoms with E-state index in [1.807, 2.05) is 30.3 Å². The van der Waals surface area contributed by atoms with E-state index in [4.69, 9.17) is 11.6 Å². The topological polar surface area (TPSA) is 119 Å². The molecule has 3 heterocycles. The molecule has 34 heavy (non-hydrogen) atoms. The van der Waals surface area contributed by atoms with Crippen LogP contribution in [0.2, 0.25) is 5.15 Å². The van der Waals surface area contributed by atoms with Crippen molar-refractivity contribution in [2.24, 2.45) is 0 Å². The maximum absolute atomic E-state index is 13.1. The quantitative estimate of drug-likeness (QED) is 0.460. The highest BCUT2D eigenvalue weighted by molar-refractivity contribution is 6.30. The number of H-pyrrole nitrogens is 1. The number of pyridine rings is 1. The van der Waals surface area contributed by atoms with Crippen LogP contribution in [0.4, 0.5) is 0 Å². The average molecular weight is 484 g/mol. The minimum absolute atomic E-state index is 0.0447. The number of piperazine rings is 1. The fourth-order valence-electron chi connectivity index (χ4n) is 4.08. The smallest absolute Gasteiger partial charge is 0.268 e. The summed E-state index contributed by atoms with van der Waals surface area (Å²) in [6.45, 7) is 2.98. The van der Waals surface area contributed by atoms with Crippen LogP contribution in [0.1, 0.15) is 23.0 Å². The van der Waals surface area contributed by atoms with Gasteiger partial charge in [0.25, 0.3) is 11.8 Å². The van der Waals surface area contributed by atoms with Crippen molar-refractivity contribution >= 4 is 40.2 Å². The van der Waals surface area contributed by atoms with Gasteiger partial charge in [0, 0.05) is 38.5 Å². The number of benzene rings is 1. The lowest BCUT2D eigenvalue weighted by Crippen LogP contribution is -2.57. The molecular weight excluding hydrogens is 458 g/mol. The van der Waals surface area contributed by atoms with Crippen LogP contribution in [0.5, 0.6) is 0 Å². The van der Waals surface area contributed by atoms with Gasteiger partial charge in [-0.3, -0.25) is 14.4 Å². The molecule has 0 bridgehead atoms. The van der Waals surface area contributed by atoms with Gasteiger partial charge in [-0.2, -0.15) is 0 Å².